The van der Waals surface area contributed by atoms with Crippen molar-refractivity contribution in [3.63, 3.8) is 0 Å². The van der Waals surface area contributed by atoms with Gasteiger partial charge >= 0.3 is 18.0 Å². The van der Waals surface area contributed by atoms with Crippen molar-refractivity contribution in [3.8, 4) is 0 Å². The highest BCUT2D eigenvalue weighted by atomic mass is 19.4. The molecule has 1 N–H and O–H groups in total. The zero-order valence-electron chi connectivity index (χ0n) is 9.89. The lowest BCUT2D eigenvalue weighted by molar-refractivity contribution is -0.275. The molecule has 1 aliphatic heterocycles. The van der Waals surface area contributed by atoms with Crippen molar-refractivity contribution in [1.82, 2.24) is 4.90 Å². The van der Waals surface area contributed by atoms with Crippen LogP contribution >= 0.6 is 0 Å². The van der Waals surface area contributed by atoms with Crippen molar-refractivity contribution in [2.75, 3.05) is 13.1 Å². The van der Waals surface area contributed by atoms with Gasteiger partial charge in [0.05, 0.1) is 6.10 Å². The topological polar surface area (TPSA) is 40.5 Å². The van der Waals surface area contributed by atoms with Crippen LogP contribution in [-0.2, 0) is 4.79 Å². The van der Waals surface area contributed by atoms with Crippen molar-refractivity contribution in [2.24, 2.45) is 5.41 Å². The van der Waals surface area contributed by atoms with Gasteiger partial charge in [0.1, 0.15) is 0 Å². The summed E-state index contributed by atoms with van der Waals surface area (Å²) in [6.45, 7) is 2.36. The Labute approximate surface area is 101 Å². The molecule has 0 spiro atoms. The average molecular weight is 275 g/mol. The van der Waals surface area contributed by atoms with E-state index in [0.717, 1.165) is 0 Å². The predicted molar refractivity (Wildman–Crippen MR) is 52.0 cm³/mol. The summed E-state index contributed by atoms with van der Waals surface area (Å²) >= 11 is 0. The molecule has 3 nitrogen and oxygen atoms in total. The highest BCUT2D eigenvalue weighted by Crippen LogP contribution is 2.39. The smallest absolute Gasteiger partial charge is 0.392 e. The molecular formula is C10H14F5NO2. The van der Waals surface area contributed by atoms with Crippen LogP contribution < -0.4 is 0 Å². The molecule has 1 amide bonds. The van der Waals surface area contributed by atoms with E-state index in [1.165, 1.54) is 13.8 Å². The first kappa shape index (κ1) is 15.1. The standard InChI is InChI=1S/C10H14F5NO2/c1-8(2)5-16(4-3-6(8)17)7(18)9(11,12)10(13,14)15/h6,17H,3-5H2,1-2H3. The minimum atomic E-state index is -5.90. The van der Waals surface area contributed by atoms with Crippen molar-refractivity contribution < 1.29 is 31.9 Å². The van der Waals surface area contributed by atoms with Crippen LogP contribution in [0.25, 0.3) is 0 Å². The second-order valence-electron chi connectivity index (χ2n) is 5.09. The van der Waals surface area contributed by atoms with E-state index >= 15 is 0 Å². The van der Waals surface area contributed by atoms with Gasteiger partial charge in [0.15, 0.2) is 0 Å². The monoisotopic (exact) mass is 275 g/mol. The molecule has 0 aromatic heterocycles. The van der Waals surface area contributed by atoms with Crippen LogP contribution in [-0.4, -0.2) is 47.2 Å². The number of aliphatic hydroxyl groups is 1. The van der Waals surface area contributed by atoms with E-state index in [4.69, 9.17) is 0 Å². The van der Waals surface area contributed by atoms with Gasteiger partial charge in [-0.15, -0.1) is 0 Å². The maximum Gasteiger partial charge on any atom is 0.463 e. The van der Waals surface area contributed by atoms with Crippen molar-refractivity contribution in [3.05, 3.63) is 0 Å². The largest absolute Gasteiger partial charge is 0.463 e. The summed E-state index contributed by atoms with van der Waals surface area (Å²) in [5.41, 5.74) is -0.907. The SMILES string of the molecule is CC1(C)CN(C(=O)C(F)(F)C(F)(F)F)CCC1O. The minimum Gasteiger partial charge on any atom is -0.392 e. The summed E-state index contributed by atoms with van der Waals surface area (Å²) in [7, 11) is 0. The number of aliphatic hydroxyl groups excluding tert-OH is 1. The van der Waals surface area contributed by atoms with Gasteiger partial charge in [-0.2, -0.15) is 22.0 Å². The molecule has 18 heavy (non-hydrogen) atoms. The molecule has 106 valence electrons. The highest BCUT2D eigenvalue weighted by molar-refractivity contribution is 5.84. The summed E-state index contributed by atoms with van der Waals surface area (Å²) in [5.74, 6) is -7.64. The van der Waals surface area contributed by atoms with E-state index in [1.807, 2.05) is 0 Å². The number of rotatable bonds is 1. The Morgan fingerprint density at radius 3 is 2.17 bits per heavy atom. The van der Waals surface area contributed by atoms with Crippen LogP contribution in [0.4, 0.5) is 22.0 Å². The summed E-state index contributed by atoms with van der Waals surface area (Å²) < 4.78 is 61.9. The molecule has 1 atom stereocenters. The van der Waals surface area contributed by atoms with E-state index in [0.29, 0.717) is 4.90 Å². The van der Waals surface area contributed by atoms with Crippen LogP contribution in [0.2, 0.25) is 0 Å². The third-order valence-corrected chi connectivity index (χ3v) is 3.08. The number of amides is 1. The number of piperidine rings is 1. The molecule has 0 aliphatic carbocycles. The number of carbonyl (C=O) groups excluding carboxylic acids is 1. The summed E-state index contributed by atoms with van der Waals surface area (Å²) in [6, 6.07) is 0. The molecule has 1 unspecified atom stereocenters. The first-order valence-corrected chi connectivity index (χ1v) is 5.31. The lowest BCUT2D eigenvalue weighted by Crippen LogP contribution is -2.58. The van der Waals surface area contributed by atoms with E-state index in [2.05, 4.69) is 0 Å². The fourth-order valence-corrected chi connectivity index (χ4v) is 1.84. The number of likely N-dealkylation sites (tertiary alicyclic amines) is 1. The van der Waals surface area contributed by atoms with Crippen LogP contribution in [0, 0.1) is 5.41 Å². The number of alkyl halides is 5. The maximum atomic E-state index is 12.9. The second-order valence-corrected chi connectivity index (χ2v) is 5.09. The van der Waals surface area contributed by atoms with Crippen LogP contribution in [0.1, 0.15) is 20.3 Å². The molecule has 1 fully saturated rings. The van der Waals surface area contributed by atoms with Gasteiger partial charge in [0.2, 0.25) is 0 Å². The van der Waals surface area contributed by atoms with Gasteiger partial charge in [0.25, 0.3) is 0 Å². The Balaban J connectivity index is 2.87. The zero-order chi connectivity index (χ0) is 14.4. The molecule has 8 heteroatoms. The Morgan fingerprint density at radius 1 is 1.28 bits per heavy atom. The lowest BCUT2D eigenvalue weighted by atomic mass is 9.81. The number of hydrogen-bond acceptors (Lipinski definition) is 2. The maximum absolute atomic E-state index is 12.9. The quantitative estimate of drug-likeness (QED) is 0.741. The number of halogens is 5. The normalized spacial score (nSPS) is 25.1. The average Bonchev–Trinajstić information content (AvgIpc) is 2.19. The van der Waals surface area contributed by atoms with E-state index in [9.17, 15) is 31.9 Å². The summed E-state index contributed by atoms with van der Waals surface area (Å²) in [5, 5.41) is 9.55. The Morgan fingerprint density at radius 2 is 1.78 bits per heavy atom. The van der Waals surface area contributed by atoms with Crippen molar-refractivity contribution in [2.45, 2.75) is 38.5 Å². The number of nitrogens with zero attached hydrogens (tertiary/aromatic N) is 1. The minimum absolute atomic E-state index is 0.0212. The molecule has 0 saturated carbocycles. The van der Waals surface area contributed by atoms with Gasteiger partial charge in [-0.1, -0.05) is 13.8 Å². The lowest BCUT2D eigenvalue weighted by Gasteiger charge is -2.42. The first-order chi connectivity index (χ1) is 7.89. The Kier molecular flexibility index (Phi) is 3.64. The van der Waals surface area contributed by atoms with Gasteiger partial charge in [-0.25, -0.2) is 0 Å². The fraction of sp³-hybridized carbons (Fsp3) is 0.900. The number of hydrogen-bond donors (Lipinski definition) is 1. The van der Waals surface area contributed by atoms with Crippen LogP contribution in [0.5, 0.6) is 0 Å². The Bertz CT molecular complexity index is 340. The highest BCUT2D eigenvalue weighted by Gasteiger charge is 2.65. The van der Waals surface area contributed by atoms with Gasteiger partial charge in [-0.3, -0.25) is 4.79 Å². The molecule has 1 rings (SSSR count). The van der Waals surface area contributed by atoms with Gasteiger partial charge < -0.3 is 10.0 Å². The van der Waals surface area contributed by atoms with Crippen LogP contribution in [0.3, 0.4) is 0 Å². The molecule has 0 aromatic rings. The Hall–Kier alpha value is -0.920. The van der Waals surface area contributed by atoms with Crippen molar-refractivity contribution in [1.29, 1.82) is 0 Å². The summed E-state index contributed by atoms with van der Waals surface area (Å²) in [6.07, 6.45) is -6.75. The molecule has 0 bridgehead atoms. The molecule has 1 heterocycles. The van der Waals surface area contributed by atoms with Crippen molar-refractivity contribution >= 4 is 5.91 Å². The number of carbonyl (C=O) groups is 1. The predicted octanol–water partition coefficient (Wildman–Crippen LogP) is 1.80. The zero-order valence-corrected chi connectivity index (χ0v) is 9.89. The molecular weight excluding hydrogens is 261 g/mol. The van der Waals surface area contributed by atoms with E-state index in [-0.39, 0.29) is 19.5 Å². The molecule has 0 radical (unpaired) electrons. The summed E-state index contributed by atoms with van der Waals surface area (Å²) in [4.78, 5) is 11.7. The van der Waals surface area contributed by atoms with Crippen LogP contribution in [0.15, 0.2) is 0 Å². The van der Waals surface area contributed by atoms with Gasteiger partial charge in [0, 0.05) is 18.5 Å². The first-order valence-electron chi connectivity index (χ1n) is 5.31. The van der Waals surface area contributed by atoms with E-state index in [1.54, 1.807) is 0 Å². The third kappa shape index (κ3) is 2.57. The third-order valence-electron chi connectivity index (χ3n) is 3.08. The molecule has 1 saturated heterocycles. The van der Waals surface area contributed by atoms with Gasteiger partial charge in [-0.05, 0) is 6.42 Å². The van der Waals surface area contributed by atoms with E-state index < -0.39 is 29.5 Å². The second kappa shape index (κ2) is 4.32. The fourth-order valence-electron chi connectivity index (χ4n) is 1.84. The molecule has 1 aliphatic rings. The molecule has 0 aromatic carbocycles.